The van der Waals surface area contributed by atoms with Crippen LogP contribution in [0.15, 0.2) is 0 Å². The third-order valence-electron chi connectivity index (χ3n) is 1.76. The van der Waals surface area contributed by atoms with Gasteiger partial charge in [-0.2, -0.15) is 0 Å². The Balaban J connectivity index is 0.00000289. The Kier molecular flexibility index (Phi) is 7.30. The largest absolute Gasteiger partial charge is 1.00 e. The van der Waals surface area contributed by atoms with Crippen molar-refractivity contribution < 1.29 is 58.8 Å². The van der Waals surface area contributed by atoms with Crippen molar-refractivity contribution in [2.24, 2.45) is 0 Å². The Morgan fingerprint density at radius 3 is 2.06 bits per heavy atom. The van der Waals surface area contributed by atoms with Gasteiger partial charge in [0, 0.05) is 0 Å². The molecular weight excluding hydrogens is 271 g/mol. The van der Waals surface area contributed by atoms with Crippen molar-refractivity contribution in [3.05, 3.63) is 9.75 Å². The smallest absolute Gasteiger partial charge is 0.869 e. The molecule has 0 aliphatic heterocycles. The molecule has 0 bridgehead atoms. The van der Waals surface area contributed by atoms with Crippen LogP contribution < -0.4 is 34.7 Å². The molecule has 6 nitrogen and oxygen atoms in total. The van der Waals surface area contributed by atoms with E-state index >= 15 is 0 Å². The zero-order valence-electron chi connectivity index (χ0n) is 10.3. The molecule has 0 atom stereocenters. The predicted molar refractivity (Wildman–Crippen MR) is 57.3 cm³/mol. The van der Waals surface area contributed by atoms with Gasteiger partial charge in [0.05, 0.1) is 13.2 Å². The van der Waals surface area contributed by atoms with Crippen molar-refractivity contribution in [2.45, 2.75) is 13.8 Å². The maximum absolute atomic E-state index is 11.5. The fraction of sp³-hybridized carbons (Fsp3) is 0.400. The van der Waals surface area contributed by atoms with Crippen molar-refractivity contribution in [3.63, 3.8) is 0 Å². The molecule has 0 spiro atoms. The molecule has 1 aromatic rings. The Morgan fingerprint density at radius 1 is 1.17 bits per heavy atom. The zero-order chi connectivity index (χ0) is 13.0. The van der Waals surface area contributed by atoms with Crippen molar-refractivity contribution in [3.8, 4) is 11.5 Å². The quantitative estimate of drug-likeness (QED) is 0.501. The summed E-state index contributed by atoms with van der Waals surface area (Å²) in [6, 6.07) is 0. The molecule has 0 aliphatic rings. The SMILES string of the molecule is CCOC(=O)c1sc(C(=O)OCC)c(O)c1[O-].[Na+]. The summed E-state index contributed by atoms with van der Waals surface area (Å²) in [6.07, 6.45) is 0. The number of carbonyl (C=O) groups excluding carboxylic acids is 2. The van der Waals surface area contributed by atoms with Crippen LogP contribution in [0.3, 0.4) is 0 Å². The first-order valence-corrected chi connectivity index (χ1v) is 5.71. The van der Waals surface area contributed by atoms with Gasteiger partial charge in [0.25, 0.3) is 0 Å². The molecule has 18 heavy (non-hydrogen) atoms. The molecule has 0 fully saturated rings. The van der Waals surface area contributed by atoms with E-state index in [0.717, 1.165) is 0 Å². The molecule has 0 unspecified atom stereocenters. The third-order valence-corrected chi connectivity index (χ3v) is 2.88. The van der Waals surface area contributed by atoms with E-state index in [1.165, 1.54) is 0 Å². The van der Waals surface area contributed by atoms with Crippen LogP contribution in [-0.4, -0.2) is 30.3 Å². The minimum atomic E-state index is -0.906. The number of ether oxygens (including phenoxy) is 2. The number of thiophene rings is 1. The minimum Gasteiger partial charge on any atom is -0.869 e. The van der Waals surface area contributed by atoms with Crippen LogP contribution in [0.2, 0.25) is 0 Å². The van der Waals surface area contributed by atoms with E-state index in [2.05, 4.69) is 9.47 Å². The summed E-state index contributed by atoms with van der Waals surface area (Å²) in [5, 5.41) is 20.9. The fourth-order valence-corrected chi connectivity index (χ4v) is 1.94. The van der Waals surface area contributed by atoms with E-state index < -0.39 is 23.4 Å². The van der Waals surface area contributed by atoms with Gasteiger partial charge in [-0.15, -0.1) is 11.3 Å². The third kappa shape index (κ3) is 3.61. The van der Waals surface area contributed by atoms with Crippen molar-refractivity contribution in [2.75, 3.05) is 13.2 Å². The minimum absolute atomic E-state index is 0. The summed E-state index contributed by atoms with van der Waals surface area (Å²) < 4.78 is 9.26. The molecule has 0 aromatic carbocycles. The molecule has 0 saturated carbocycles. The Morgan fingerprint density at radius 2 is 1.61 bits per heavy atom. The molecule has 94 valence electrons. The number of hydrogen-bond donors (Lipinski definition) is 1. The first-order chi connectivity index (χ1) is 8.02. The number of esters is 2. The van der Waals surface area contributed by atoms with Crippen molar-refractivity contribution >= 4 is 23.3 Å². The Bertz CT molecular complexity index is 403. The molecule has 0 aliphatic carbocycles. The standard InChI is InChI=1S/C10H12O6S.Na/c1-3-15-9(13)7-5(11)6(12)8(17-7)10(14)16-4-2;/h11-12H,3-4H2,1-2H3;/q;+1/p-1. The van der Waals surface area contributed by atoms with Crippen molar-refractivity contribution in [1.82, 2.24) is 0 Å². The van der Waals surface area contributed by atoms with Gasteiger partial charge in [-0.3, -0.25) is 0 Å². The van der Waals surface area contributed by atoms with Crippen LogP contribution in [0, 0.1) is 0 Å². The second kappa shape index (κ2) is 7.63. The van der Waals surface area contributed by atoms with Gasteiger partial charge in [-0.1, -0.05) is 0 Å². The van der Waals surface area contributed by atoms with Gasteiger partial charge in [-0.25, -0.2) is 9.59 Å². The number of hydrogen-bond acceptors (Lipinski definition) is 7. The second-order valence-electron chi connectivity index (χ2n) is 2.88. The van der Waals surface area contributed by atoms with Gasteiger partial charge in [-0.05, 0) is 19.6 Å². The first kappa shape index (κ1) is 17.2. The first-order valence-electron chi connectivity index (χ1n) is 4.89. The van der Waals surface area contributed by atoms with Crippen LogP contribution in [0.5, 0.6) is 11.5 Å². The average molecular weight is 282 g/mol. The second-order valence-corrected chi connectivity index (χ2v) is 3.90. The monoisotopic (exact) mass is 282 g/mol. The maximum Gasteiger partial charge on any atom is 1.00 e. The van der Waals surface area contributed by atoms with Gasteiger partial charge >= 0.3 is 41.5 Å². The van der Waals surface area contributed by atoms with Gasteiger partial charge in [0.2, 0.25) is 0 Å². The van der Waals surface area contributed by atoms with E-state index in [0.29, 0.717) is 11.3 Å². The van der Waals surface area contributed by atoms with Crippen molar-refractivity contribution in [1.29, 1.82) is 0 Å². The Hall–Kier alpha value is -0.760. The summed E-state index contributed by atoms with van der Waals surface area (Å²) >= 11 is 0.571. The summed E-state index contributed by atoms with van der Waals surface area (Å²) in [5.41, 5.74) is 0. The molecule has 1 rings (SSSR count). The van der Waals surface area contributed by atoms with Gasteiger partial charge < -0.3 is 19.7 Å². The normalized spacial score (nSPS) is 9.44. The topological polar surface area (TPSA) is 95.9 Å². The predicted octanol–water partition coefficient (Wildman–Crippen LogP) is -2.12. The van der Waals surface area contributed by atoms with E-state index in [4.69, 9.17) is 0 Å². The van der Waals surface area contributed by atoms with E-state index in [1.54, 1.807) is 13.8 Å². The summed E-state index contributed by atoms with van der Waals surface area (Å²) in [5.74, 6) is -3.36. The molecule has 0 radical (unpaired) electrons. The molecule has 0 saturated heterocycles. The van der Waals surface area contributed by atoms with Crippen LogP contribution >= 0.6 is 11.3 Å². The molecular formula is C10H11NaO6S. The molecule has 1 aromatic heterocycles. The summed E-state index contributed by atoms with van der Waals surface area (Å²) in [6.45, 7) is 3.39. The molecule has 0 amide bonds. The summed E-state index contributed by atoms with van der Waals surface area (Å²) in [4.78, 5) is 22.1. The molecule has 1 N–H and O–H groups in total. The van der Waals surface area contributed by atoms with E-state index in [1.807, 2.05) is 0 Å². The van der Waals surface area contributed by atoms with Crippen LogP contribution in [-0.2, 0) is 9.47 Å². The molecule has 1 heterocycles. The van der Waals surface area contributed by atoms with Gasteiger partial charge in [0.15, 0.2) is 4.88 Å². The number of rotatable bonds is 4. The van der Waals surface area contributed by atoms with E-state index in [9.17, 15) is 19.8 Å². The van der Waals surface area contributed by atoms with E-state index in [-0.39, 0.29) is 52.5 Å². The van der Waals surface area contributed by atoms with Gasteiger partial charge in [0.1, 0.15) is 10.6 Å². The van der Waals surface area contributed by atoms with Crippen LogP contribution in [0.1, 0.15) is 33.2 Å². The number of aromatic hydroxyl groups is 1. The fourth-order valence-electron chi connectivity index (χ4n) is 1.07. The molecule has 8 heteroatoms. The Labute approximate surface area is 130 Å². The average Bonchev–Trinajstić information content (AvgIpc) is 2.57. The number of carbonyl (C=O) groups is 2. The van der Waals surface area contributed by atoms with Crippen LogP contribution in [0.25, 0.3) is 0 Å². The maximum atomic E-state index is 11.5. The van der Waals surface area contributed by atoms with Crippen LogP contribution in [0.4, 0.5) is 0 Å². The zero-order valence-corrected chi connectivity index (χ0v) is 13.1. The summed E-state index contributed by atoms with van der Waals surface area (Å²) in [7, 11) is 0.